The Morgan fingerprint density at radius 3 is 2.57 bits per heavy atom. The largest absolute Gasteiger partial charge is 0.483 e. The average molecular weight is 419 g/mol. The van der Waals surface area contributed by atoms with Crippen LogP contribution in [0.1, 0.15) is 26.8 Å². The summed E-state index contributed by atoms with van der Waals surface area (Å²) in [7, 11) is 0. The van der Waals surface area contributed by atoms with Crippen molar-refractivity contribution in [2.24, 2.45) is 5.73 Å². The maximum absolute atomic E-state index is 13.2. The number of halogens is 2. The zero-order chi connectivity index (χ0) is 20.1. The van der Waals surface area contributed by atoms with Crippen LogP contribution >= 0.6 is 22.9 Å². The van der Waals surface area contributed by atoms with Gasteiger partial charge in [0, 0.05) is 9.90 Å². The van der Waals surface area contributed by atoms with Crippen LogP contribution in [0.5, 0.6) is 5.75 Å². The van der Waals surface area contributed by atoms with Gasteiger partial charge < -0.3 is 15.8 Å². The van der Waals surface area contributed by atoms with Crippen LogP contribution in [0.4, 0.5) is 4.39 Å². The first-order valence-corrected chi connectivity index (χ1v) is 9.50. The molecule has 144 valence electrons. The lowest BCUT2D eigenvalue weighted by Crippen LogP contribution is -2.33. The molecule has 0 fully saturated rings. The number of rotatable bonds is 7. The van der Waals surface area contributed by atoms with Gasteiger partial charge in [-0.2, -0.15) is 0 Å². The lowest BCUT2D eigenvalue weighted by Gasteiger charge is -2.18. The quantitative estimate of drug-likeness (QED) is 0.610. The Balaban J connectivity index is 1.73. The molecule has 5 nitrogen and oxygen atoms in total. The minimum Gasteiger partial charge on any atom is -0.483 e. The molecule has 3 N–H and O–H groups in total. The van der Waals surface area contributed by atoms with Crippen molar-refractivity contribution < 1.29 is 18.7 Å². The first-order chi connectivity index (χ1) is 13.4. The van der Waals surface area contributed by atoms with Gasteiger partial charge in [-0.1, -0.05) is 29.8 Å². The van der Waals surface area contributed by atoms with E-state index in [0.717, 1.165) is 10.4 Å². The summed E-state index contributed by atoms with van der Waals surface area (Å²) in [5.41, 5.74) is 6.14. The fraction of sp³-hybridized carbons (Fsp3) is 0.100. The third kappa shape index (κ3) is 4.88. The third-order valence-corrected chi connectivity index (χ3v) is 5.07. The Kier molecular flexibility index (Phi) is 6.28. The summed E-state index contributed by atoms with van der Waals surface area (Å²) in [6, 6.07) is 13.6. The van der Waals surface area contributed by atoms with Gasteiger partial charge in [0.2, 0.25) is 0 Å². The van der Waals surface area contributed by atoms with E-state index in [1.807, 2.05) is 17.5 Å². The number of nitrogens with one attached hydrogen (secondary N) is 1. The monoisotopic (exact) mass is 418 g/mol. The van der Waals surface area contributed by atoms with Crippen molar-refractivity contribution in [3.05, 3.63) is 86.8 Å². The summed E-state index contributed by atoms with van der Waals surface area (Å²) in [5, 5.41) is 5.09. The molecule has 28 heavy (non-hydrogen) atoms. The molecule has 3 rings (SSSR count). The van der Waals surface area contributed by atoms with E-state index in [9.17, 15) is 14.0 Å². The number of primary amides is 1. The molecule has 0 saturated heterocycles. The van der Waals surface area contributed by atoms with Gasteiger partial charge in [-0.15, -0.1) is 11.3 Å². The second-order valence-corrected chi connectivity index (χ2v) is 7.28. The average Bonchev–Trinajstić information content (AvgIpc) is 3.20. The van der Waals surface area contributed by atoms with Gasteiger partial charge in [-0.05, 0) is 47.3 Å². The molecular formula is C20H16ClFN2O3S. The van der Waals surface area contributed by atoms with E-state index in [1.54, 1.807) is 12.1 Å². The fourth-order valence-corrected chi connectivity index (χ4v) is 3.57. The molecule has 1 aromatic heterocycles. The van der Waals surface area contributed by atoms with Crippen molar-refractivity contribution >= 4 is 34.8 Å². The van der Waals surface area contributed by atoms with Crippen molar-refractivity contribution in [1.29, 1.82) is 0 Å². The predicted octanol–water partition coefficient (Wildman–Crippen LogP) is 3.92. The zero-order valence-corrected chi connectivity index (χ0v) is 16.1. The molecule has 1 atom stereocenters. The Morgan fingerprint density at radius 1 is 1.18 bits per heavy atom. The van der Waals surface area contributed by atoms with Gasteiger partial charge in [-0.25, -0.2) is 4.39 Å². The molecule has 3 aromatic rings. The second-order valence-electron chi connectivity index (χ2n) is 5.86. The van der Waals surface area contributed by atoms with Crippen molar-refractivity contribution in [3.8, 4) is 5.75 Å². The van der Waals surface area contributed by atoms with E-state index < -0.39 is 17.9 Å². The lowest BCUT2D eigenvalue weighted by molar-refractivity contribution is -0.123. The second kappa shape index (κ2) is 8.86. The molecule has 8 heteroatoms. The molecular weight excluding hydrogens is 403 g/mol. The number of thiophene rings is 1. The van der Waals surface area contributed by atoms with Crippen molar-refractivity contribution in [2.45, 2.75) is 6.04 Å². The number of carbonyl (C=O) groups is 2. The van der Waals surface area contributed by atoms with Crippen LogP contribution in [-0.2, 0) is 4.79 Å². The molecule has 0 spiro atoms. The van der Waals surface area contributed by atoms with Crippen molar-refractivity contribution in [3.63, 3.8) is 0 Å². The number of nitrogens with two attached hydrogens (primary N) is 1. The Hall–Kier alpha value is -2.90. The summed E-state index contributed by atoms with van der Waals surface area (Å²) < 4.78 is 18.7. The third-order valence-electron chi connectivity index (χ3n) is 3.90. The summed E-state index contributed by atoms with van der Waals surface area (Å²) in [6.45, 7) is -0.328. The van der Waals surface area contributed by atoms with E-state index >= 15 is 0 Å². The zero-order valence-electron chi connectivity index (χ0n) is 14.5. The first kappa shape index (κ1) is 19.9. The highest BCUT2D eigenvalue weighted by molar-refractivity contribution is 7.10. The van der Waals surface area contributed by atoms with Crippen LogP contribution in [-0.4, -0.2) is 18.4 Å². The van der Waals surface area contributed by atoms with Crippen LogP contribution in [0.15, 0.2) is 60.0 Å². The smallest absolute Gasteiger partial charge is 0.258 e. The highest BCUT2D eigenvalue weighted by atomic mass is 35.5. The van der Waals surface area contributed by atoms with E-state index in [0.29, 0.717) is 5.02 Å². The summed E-state index contributed by atoms with van der Waals surface area (Å²) in [5.74, 6) is -1.31. The molecule has 1 unspecified atom stereocenters. The Bertz CT molecular complexity index is 978. The molecule has 2 amide bonds. The molecule has 0 bridgehead atoms. The molecule has 2 aromatic carbocycles. The first-order valence-electron chi connectivity index (χ1n) is 8.24. The molecule has 0 radical (unpaired) electrons. The minimum atomic E-state index is -0.708. The number of ether oxygens (including phenoxy) is 1. The number of hydrogen-bond acceptors (Lipinski definition) is 4. The molecule has 0 aliphatic carbocycles. The molecule has 0 saturated carbocycles. The van der Waals surface area contributed by atoms with E-state index in [4.69, 9.17) is 22.1 Å². The number of hydrogen-bond donors (Lipinski definition) is 2. The Labute approximate surface area is 169 Å². The van der Waals surface area contributed by atoms with Gasteiger partial charge in [0.25, 0.3) is 11.8 Å². The van der Waals surface area contributed by atoms with Crippen molar-refractivity contribution in [1.82, 2.24) is 5.32 Å². The number of carbonyl (C=O) groups excluding carboxylic acids is 2. The van der Waals surface area contributed by atoms with Gasteiger partial charge >= 0.3 is 0 Å². The van der Waals surface area contributed by atoms with Crippen molar-refractivity contribution in [2.75, 3.05) is 6.61 Å². The van der Waals surface area contributed by atoms with Crippen LogP contribution in [0.3, 0.4) is 0 Å². The SMILES string of the molecule is NC(=O)c1cc(Cl)ccc1OCC(=O)NC(c1ccc(F)cc1)c1cccs1. The normalized spacial score (nSPS) is 11.6. The van der Waals surface area contributed by atoms with E-state index in [1.165, 1.54) is 41.7 Å². The van der Waals surface area contributed by atoms with Crippen LogP contribution < -0.4 is 15.8 Å². The van der Waals surface area contributed by atoms with Crippen LogP contribution in [0.25, 0.3) is 0 Å². The fourth-order valence-electron chi connectivity index (χ4n) is 2.60. The highest BCUT2D eigenvalue weighted by Crippen LogP contribution is 2.26. The highest BCUT2D eigenvalue weighted by Gasteiger charge is 2.19. The van der Waals surface area contributed by atoms with Gasteiger partial charge in [0.1, 0.15) is 11.6 Å². The number of benzene rings is 2. The number of amides is 2. The molecule has 0 aliphatic heterocycles. The molecule has 1 heterocycles. The predicted molar refractivity (Wildman–Crippen MR) is 106 cm³/mol. The standard InChI is InChI=1S/C20H16ClFN2O3S/c21-13-5-8-16(15(10-13)20(23)26)27-11-18(25)24-19(17-2-1-9-28-17)12-3-6-14(22)7-4-12/h1-10,19H,11H2,(H2,23,26)(H,24,25). The van der Waals surface area contributed by atoms with E-state index in [-0.39, 0.29) is 23.7 Å². The van der Waals surface area contributed by atoms with Gasteiger partial charge in [0.05, 0.1) is 11.6 Å². The minimum absolute atomic E-state index is 0.0913. The maximum atomic E-state index is 13.2. The summed E-state index contributed by atoms with van der Waals surface area (Å²) in [4.78, 5) is 24.9. The lowest BCUT2D eigenvalue weighted by atomic mass is 10.1. The summed E-state index contributed by atoms with van der Waals surface area (Å²) in [6.07, 6.45) is 0. The van der Waals surface area contributed by atoms with E-state index in [2.05, 4.69) is 5.32 Å². The topological polar surface area (TPSA) is 81.4 Å². The Morgan fingerprint density at radius 2 is 1.93 bits per heavy atom. The summed E-state index contributed by atoms with van der Waals surface area (Å²) >= 11 is 7.33. The van der Waals surface area contributed by atoms with Gasteiger partial charge in [-0.3, -0.25) is 9.59 Å². The van der Waals surface area contributed by atoms with Crippen LogP contribution in [0, 0.1) is 5.82 Å². The molecule has 0 aliphatic rings. The van der Waals surface area contributed by atoms with Crippen LogP contribution in [0.2, 0.25) is 5.02 Å². The van der Waals surface area contributed by atoms with Gasteiger partial charge in [0.15, 0.2) is 6.61 Å². The maximum Gasteiger partial charge on any atom is 0.258 e.